The van der Waals surface area contributed by atoms with Crippen molar-refractivity contribution in [2.45, 2.75) is 45.8 Å². The number of hydrogen-bond donors (Lipinski definition) is 1. The minimum absolute atomic E-state index is 0. The topological polar surface area (TPSA) is 47.9 Å². The van der Waals surface area contributed by atoms with Crippen molar-refractivity contribution in [2.75, 3.05) is 20.6 Å². The Kier molecular flexibility index (Phi) is 9.62. The first kappa shape index (κ1) is 24.2. The van der Waals surface area contributed by atoms with E-state index >= 15 is 0 Å². The van der Waals surface area contributed by atoms with Crippen LogP contribution in [0.4, 0.5) is 0 Å². The lowest BCUT2D eigenvalue weighted by atomic mass is 10.1. The second-order valence-corrected chi connectivity index (χ2v) is 7.61. The summed E-state index contributed by atoms with van der Waals surface area (Å²) in [5, 5.41) is 3.48. The van der Waals surface area contributed by atoms with Crippen molar-refractivity contribution < 1.29 is 4.79 Å². The molecule has 0 aliphatic carbocycles. The van der Waals surface area contributed by atoms with E-state index in [0.29, 0.717) is 19.5 Å². The van der Waals surface area contributed by atoms with Crippen molar-refractivity contribution in [1.82, 2.24) is 15.1 Å². The lowest BCUT2D eigenvalue weighted by Crippen LogP contribution is -2.38. The van der Waals surface area contributed by atoms with Gasteiger partial charge in [0.05, 0.1) is 0 Å². The Hall–Kier alpha value is -2.09. The molecule has 1 aliphatic heterocycles. The molecule has 2 aromatic rings. The molecule has 1 N–H and O–H groups in total. The zero-order valence-corrected chi connectivity index (χ0v) is 20.6. The second-order valence-electron chi connectivity index (χ2n) is 7.61. The van der Waals surface area contributed by atoms with E-state index in [1.54, 1.807) is 0 Å². The molecule has 1 aliphatic rings. The van der Waals surface area contributed by atoms with Gasteiger partial charge in [0.2, 0.25) is 5.91 Å². The van der Waals surface area contributed by atoms with Gasteiger partial charge in [-0.2, -0.15) is 0 Å². The maximum atomic E-state index is 12.0. The number of nitrogens with zero attached hydrogens (tertiary/aromatic N) is 3. The lowest BCUT2D eigenvalue weighted by Gasteiger charge is -2.23. The number of aryl methyl sites for hydroxylation is 1. The van der Waals surface area contributed by atoms with Crippen molar-refractivity contribution >= 4 is 35.8 Å². The van der Waals surface area contributed by atoms with Gasteiger partial charge >= 0.3 is 0 Å². The van der Waals surface area contributed by atoms with Crippen LogP contribution in [-0.2, 0) is 30.8 Å². The molecule has 3 rings (SSSR count). The molecule has 0 atom stereocenters. The van der Waals surface area contributed by atoms with E-state index in [-0.39, 0.29) is 29.9 Å². The molecule has 30 heavy (non-hydrogen) atoms. The van der Waals surface area contributed by atoms with E-state index in [4.69, 9.17) is 0 Å². The average Bonchev–Trinajstić information content (AvgIpc) is 3.14. The third-order valence-corrected chi connectivity index (χ3v) is 5.51. The molecule has 0 saturated carbocycles. The molecule has 1 amide bonds. The minimum atomic E-state index is 0. The zero-order chi connectivity index (χ0) is 20.6. The Morgan fingerprint density at radius 3 is 2.37 bits per heavy atom. The number of carbonyl (C=O) groups excluding carboxylic acids is 1. The van der Waals surface area contributed by atoms with Crippen LogP contribution in [0.25, 0.3) is 0 Å². The Labute approximate surface area is 197 Å². The highest BCUT2D eigenvalue weighted by molar-refractivity contribution is 14.0. The predicted octanol–water partition coefficient (Wildman–Crippen LogP) is 4.20. The van der Waals surface area contributed by atoms with Crippen LogP contribution >= 0.6 is 24.0 Å². The summed E-state index contributed by atoms with van der Waals surface area (Å²) >= 11 is 0. The molecule has 0 spiro atoms. The Morgan fingerprint density at radius 2 is 1.77 bits per heavy atom. The second kappa shape index (κ2) is 11.9. The third kappa shape index (κ3) is 6.45. The van der Waals surface area contributed by atoms with Gasteiger partial charge in [-0.15, -0.1) is 24.0 Å². The molecule has 1 fully saturated rings. The number of halogens is 1. The van der Waals surface area contributed by atoms with E-state index in [9.17, 15) is 4.79 Å². The number of hydrogen-bond acceptors (Lipinski definition) is 2. The van der Waals surface area contributed by atoms with Crippen LogP contribution in [0, 0.1) is 0 Å². The SMILES string of the molecule is CCc1ccc(CN(C)C(=NC)NCc2ccccc2CN2CCCC2=O)cc1.I. The third-order valence-electron chi connectivity index (χ3n) is 5.51. The van der Waals surface area contributed by atoms with Gasteiger partial charge in [-0.3, -0.25) is 9.79 Å². The van der Waals surface area contributed by atoms with Gasteiger partial charge < -0.3 is 15.1 Å². The number of likely N-dealkylation sites (tertiary alicyclic amines) is 1. The minimum Gasteiger partial charge on any atom is -0.352 e. The number of aliphatic imine (C=N–C) groups is 1. The fraction of sp³-hybridized carbons (Fsp3) is 0.417. The maximum Gasteiger partial charge on any atom is 0.222 e. The molecular weight excluding hydrogens is 487 g/mol. The van der Waals surface area contributed by atoms with E-state index < -0.39 is 0 Å². The van der Waals surface area contributed by atoms with Crippen molar-refractivity contribution in [1.29, 1.82) is 0 Å². The van der Waals surface area contributed by atoms with Crippen LogP contribution in [0.5, 0.6) is 0 Å². The molecule has 1 saturated heterocycles. The van der Waals surface area contributed by atoms with E-state index in [2.05, 4.69) is 65.6 Å². The monoisotopic (exact) mass is 520 g/mol. The normalized spacial score (nSPS) is 13.9. The first-order valence-corrected chi connectivity index (χ1v) is 10.4. The molecular formula is C24H33IN4O. The van der Waals surface area contributed by atoms with E-state index in [1.807, 2.05) is 24.1 Å². The highest BCUT2D eigenvalue weighted by Gasteiger charge is 2.21. The Bertz CT molecular complexity index is 851. The molecule has 5 nitrogen and oxygen atoms in total. The van der Waals surface area contributed by atoms with Crippen LogP contribution < -0.4 is 5.32 Å². The standard InChI is InChI=1S/C24H32N4O.HI/c1-4-19-11-13-20(14-12-19)17-27(3)24(25-2)26-16-21-8-5-6-9-22(21)18-28-15-7-10-23(28)29;/h5-6,8-9,11-14H,4,7,10,15-18H2,1-3H3,(H,25,26);1H. The average molecular weight is 520 g/mol. The smallest absolute Gasteiger partial charge is 0.222 e. The summed E-state index contributed by atoms with van der Waals surface area (Å²) in [6.45, 7) is 5.21. The molecule has 0 aromatic heterocycles. The molecule has 2 aromatic carbocycles. The Balaban J connectivity index is 0.00000320. The van der Waals surface area contributed by atoms with Crippen LogP contribution in [0.2, 0.25) is 0 Å². The summed E-state index contributed by atoms with van der Waals surface area (Å²) in [7, 11) is 3.87. The fourth-order valence-electron chi connectivity index (χ4n) is 3.75. The number of rotatable bonds is 7. The van der Waals surface area contributed by atoms with Crippen molar-refractivity contribution in [3.63, 3.8) is 0 Å². The summed E-state index contributed by atoms with van der Waals surface area (Å²) in [5.41, 5.74) is 5.02. The van der Waals surface area contributed by atoms with Gasteiger partial charge in [0.15, 0.2) is 5.96 Å². The van der Waals surface area contributed by atoms with E-state index in [0.717, 1.165) is 31.9 Å². The van der Waals surface area contributed by atoms with Gasteiger partial charge in [-0.1, -0.05) is 55.5 Å². The van der Waals surface area contributed by atoms with Gasteiger partial charge in [0, 0.05) is 46.7 Å². The van der Waals surface area contributed by atoms with Gasteiger partial charge in [-0.25, -0.2) is 0 Å². The van der Waals surface area contributed by atoms with Crippen LogP contribution in [0.15, 0.2) is 53.5 Å². The molecule has 1 heterocycles. The highest BCUT2D eigenvalue weighted by atomic mass is 127. The Morgan fingerprint density at radius 1 is 1.10 bits per heavy atom. The number of carbonyl (C=O) groups is 1. The molecule has 0 radical (unpaired) electrons. The zero-order valence-electron chi connectivity index (χ0n) is 18.2. The van der Waals surface area contributed by atoms with Crippen molar-refractivity contribution in [3.8, 4) is 0 Å². The maximum absolute atomic E-state index is 12.0. The fourth-order valence-corrected chi connectivity index (χ4v) is 3.75. The lowest BCUT2D eigenvalue weighted by molar-refractivity contribution is -0.128. The predicted molar refractivity (Wildman–Crippen MR) is 134 cm³/mol. The summed E-state index contributed by atoms with van der Waals surface area (Å²) in [6, 6.07) is 17.1. The number of benzene rings is 2. The number of nitrogens with one attached hydrogen (secondary N) is 1. The summed E-state index contributed by atoms with van der Waals surface area (Å²) < 4.78 is 0. The number of amides is 1. The number of guanidine groups is 1. The molecule has 6 heteroatoms. The largest absolute Gasteiger partial charge is 0.352 e. The first-order chi connectivity index (χ1) is 14.1. The summed E-state index contributed by atoms with van der Waals surface area (Å²) in [4.78, 5) is 20.5. The van der Waals surface area contributed by atoms with Crippen molar-refractivity contribution in [3.05, 3.63) is 70.8 Å². The quantitative estimate of drug-likeness (QED) is 0.339. The summed E-state index contributed by atoms with van der Waals surface area (Å²) in [6.07, 6.45) is 2.70. The van der Waals surface area contributed by atoms with Crippen LogP contribution in [0.1, 0.15) is 42.0 Å². The van der Waals surface area contributed by atoms with Crippen molar-refractivity contribution in [2.24, 2.45) is 4.99 Å². The van der Waals surface area contributed by atoms with Gasteiger partial charge in [0.25, 0.3) is 0 Å². The van der Waals surface area contributed by atoms with E-state index in [1.165, 1.54) is 22.3 Å². The summed E-state index contributed by atoms with van der Waals surface area (Å²) in [5.74, 6) is 1.12. The first-order valence-electron chi connectivity index (χ1n) is 10.4. The van der Waals surface area contributed by atoms with Gasteiger partial charge in [0.1, 0.15) is 0 Å². The molecule has 0 unspecified atom stereocenters. The molecule has 162 valence electrons. The van der Waals surface area contributed by atoms with Gasteiger partial charge in [-0.05, 0) is 35.1 Å². The van der Waals surface area contributed by atoms with Crippen LogP contribution in [-0.4, -0.2) is 42.3 Å². The highest BCUT2D eigenvalue weighted by Crippen LogP contribution is 2.17. The molecule has 0 bridgehead atoms. The van der Waals surface area contributed by atoms with Crippen LogP contribution in [0.3, 0.4) is 0 Å².